The van der Waals surface area contributed by atoms with Gasteiger partial charge in [0.1, 0.15) is 0 Å². The zero-order chi connectivity index (χ0) is 13.0. The maximum Gasteiger partial charge on any atom is 0.252 e. The van der Waals surface area contributed by atoms with Crippen molar-refractivity contribution in [2.45, 2.75) is 12.8 Å². The molecule has 0 atom stereocenters. The number of nitrogens with one attached hydrogen (secondary N) is 1. The van der Waals surface area contributed by atoms with Crippen LogP contribution >= 0.6 is 22.6 Å². The minimum atomic E-state index is -0.187. The van der Waals surface area contributed by atoms with Crippen LogP contribution in [-0.2, 0) is 4.79 Å². The average molecular weight is 358 g/mol. The molecule has 18 heavy (non-hydrogen) atoms. The zero-order valence-electron chi connectivity index (χ0n) is 9.99. The van der Waals surface area contributed by atoms with Gasteiger partial charge >= 0.3 is 0 Å². The van der Waals surface area contributed by atoms with Crippen molar-refractivity contribution in [1.29, 1.82) is 0 Å². The average Bonchev–Trinajstić information content (AvgIpc) is 2.90. The summed E-state index contributed by atoms with van der Waals surface area (Å²) in [5, 5.41) is 2.68. The van der Waals surface area contributed by atoms with Gasteiger partial charge in [-0.05, 0) is 47.6 Å². The van der Waals surface area contributed by atoms with Crippen molar-refractivity contribution in [3.8, 4) is 0 Å². The van der Waals surface area contributed by atoms with E-state index >= 15 is 0 Å². The molecule has 2 rings (SSSR count). The predicted octanol–water partition coefficient (Wildman–Crippen LogP) is 1.64. The molecule has 1 aromatic carbocycles. The molecule has 1 heterocycles. The summed E-state index contributed by atoms with van der Waals surface area (Å²) in [6.07, 6.45) is 2.13. The van der Waals surface area contributed by atoms with E-state index in [4.69, 9.17) is 0 Å². The van der Waals surface area contributed by atoms with E-state index in [1.807, 2.05) is 18.2 Å². The first-order valence-electron chi connectivity index (χ1n) is 5.99. The number of halogens is 1. The van der Waals surface area contributed by atoms with Crippen molar-refractivity contribution in [3.05, 3.63) is 33.4 Å². The highest BCUT2D eigenvalue weighted by Gasteiger charge is 2.18. The summed E-state index contributed by atoms with van der Waals surface area (Å²) in [4.78, 5) is 25.5. The maximum atomic E-state index is 11.9. The number of amides is 2. The minimum Gasteiger partial charge on any atom is -0.343 e. The third-order valence-electron chi connectivity index (χ3n) is 2.98. The van der Waals surface area contributed by atoms with Gasteiger partial charge in [0.2, 0.25) is 5.91 Å². The van der Waals surface area contributed by atoms with Crippen molar-refractivity contribution < 1.29 is 9.59 Å². The second kappa shape index (κ2) is 6.17. The largest absolute Gasteiger partial charge is 0.343 e. The van der Waals surface area contributed by atoms with Crippen LogP contribution in [-0.4, -0.2) is 36.3 Å². The third-order valence-corrected chi connectivity index (χ3v) is 3.92. The van der Waals surface area contributed by atoms with Crippen molar-refractivity contribution >= 4 is 34.4 Å². The number of rotatable bonds is 3. The highest BCUT2D eigenvalue weighted by Crippen LogP contribution is 2.11. The molecule has 0 bridgehead atoms. The predicted molar refractivity (Wildman–Crippen MR) is 77.3 cm³/mol. The van der Waals surface area contributed by atoms with Gasteiger partial charge in [0.25, 0.3) is 5.91 Å². The normalized spacial score (nSPS) is 14.6. The van der Waals surface area contributed by atoms with Crippen LogP contribution in [0.1, 0.15) is 23.2 Å². The Kier molecular flexibility index (Phi) is 4.57. The second-order valence-corrected chi connectivity index (χ2v) is 5.41. The Morgan fingerprint density at radius 3 is 2.56 bits per heavy atom. The fourth-order valence-electron chi connectivity index (χ4n) is 1.97. The molecule has 2 amide bonds. The third kappa shape index (κ3) is 3.22. The number of carbonyl (C=O) groups is 2. The zero-order valence-corrected chi connectivity index (χ0v) is 12.1. The van der Waals surface area contributed by atoms with Gasteiger partial charge in [-0.3, -0.25) is 9.59 Å². The van der Waals surface area contributed by atoms with E-state index in [9.17, 15) is 9.59 Å². The molecule has 0 aromatic heterocycles. The van der Waals surface area contributed by atoms with E-state index in [1.54, 1.807) is 11.0 Å². The minimum absolute atomic E-state index is 0.00629. The molecule has 0 saturated carbocycles. The first-order chi connectivity index (χ1) is 8.68. The lowest BCUT2D eigenvalue weighted by atomic mass is 10.2. The van der Waals surface area contributed by atoms with Crippen molar-refractivity contribution in [3.63, 3.8) is 0 Å². The molecule has 96 valence electrons. The Morgan fingerprint density at radius 1 is 1.22 bits per heavy atom. The Labute approximate surface area is 120 Å². The fourth-order valence-corrected chi connectivity index (χ4v) is 2.61. The summed E-state index contributed by atoms with van der Waals surface area (Å²) in [5.74, 6) is -0.181. The number of carbonyl (C=O) groups excluding carboxylic acids is 2. The molecule has 0 spiro atoms. The highest BCUT2D eigenvalue weighted by molar-refractivity contribution is 14.1. The molecule has 0 unspecified atom stereocenters. The Morgan fingerprint density at radius 2 is 1.89 bits per heavy atom. The fraction of sp³-hybridized carbons (Fsp3) is 0.385. The second-order valence-electron chi connectivity index (χ2n) is 4.25. The molecule has 5 heteroatoms. The van der Waals surface area contributed by atoms with Gasteiger partial charge < -0.3 is 10.2 Å². The smallest absolute Gasteiger partial charge is 0.252 e. The van der Waals surface area contributed by atoms with E-state index in [-0.39, 0.29) is 18.4 Å². The summed E-state index contributed by atoms with van der Waals surface area (Å²) in [5.41, 5.74) is 0.618. The monoisotopic (exact) mass is 358 g/mol. The van der Waals surface area contributed by atoms with Crippen LogP contribution in [0.25, 0.3) is 0 Å². The van der Waals surface area contributed by atoms with Gasteiger partial charge in [-0.25, -0.2) is 0 Å². The number of benzene rings is 1. The molecule has 1 aromatic rings. The van der Waals surface area contributed by atoms with Crippen LogP contribution in [0.5, 0.6) is 0 Å². The first kappa shape index (κ1) is 13.3. The van der Waals surface area contributed by atoms with Crippen LogP contribution in [0.3, 0.4) is 0 Å². The number of hydrogen-bond acceptors (Lipinski definition) is 2. The quantitative estimate of drug-likeness (QED) is 0.836. The lowest BCUT2D eigenvalue weighted by Gasteiger charge is -2.15. The van der Waals surface area contributed by atoms with Gasteiger partial charge in [-0.1, -0.05) is 12.1 Å². The molecule has 1 aliphatic heterocycles. The first-order valence-corrected chi connectivity index (χ1v) is 7.07. The van der Waals surface area contributed by atoms with Gasteiger partial charge in [-0.2, -0.15) is 0 Å². The van der Waals surface area contributed by atoms with Gasteiger partial charge in [0.05, 0.1) is 12.1 Å². The highest BCUT2D eigenvalue weighted by atomic mass is 127. The van der Waals surface area contributed by atoms with E-state index in [0.717, 1.165) is 29.5 Å². The van der Waals surface area contributed by atoms with E-state index in [1.165, 1.54) is 0 Å². The van der Waals surface area contributed by atoms with Crippen LogP contribution < -0.4 is 5.32 Å². The van der Waals surface area contributed by atoms with Crippen LogP contribution in [0.2, 0.25) is 0 Å². The topological polar surface area (TPSA) is 49.4 Å². The Bertz CT molecular complexity index is 456. The van der Waals surface area contributed by atoms with E-state index in [2.05, 4.69) is 27.9 Å². The molecular weight excluding hydrogens is 343 g/mol. The van der Waals surface area contributed by atoms with Crippen LogP contribution in [0.4, 0.5) is 0 Å². The van der Waals surface area contributed by atoms with Crippen LogP contribution in [0, 0.1) is 3.57 Å². The molecule has 0 radical (unpaired) electrons. The Hall–Kier alpha value is -1.11. The van der Waals surface area contributed by atoms with Gasteiger partial charge in [-0.15, -0.1) is 0 Å². The summed E-state index contributed by atoms with van der Waals surface area (Å²) < 4.78 is 0.890. The molecular formula is C13H15IN2O2. The summed E-state index contributed by atoms with van der Waals surface area (Å²) in [7, 11) is 0. The van der Waals surface area contributed by atoms with E-state index < -0.39 is 0 Å². The molecule has 1 aliphatic rings. The van der Waals surface area contributed by atoms with Gasteiger partial charge in [0, 0.05) is 16.7 Å². The molecule has 1 fully saturated rings. The summed E-state index contributed by atoms with van der Waals surface area (Å²) in [6, 6.07) is 7.34. The molecule has 4 nitrogen and oxygen atoms in total. The molecule has 1 saturated heterocycles. The lowest BCUT2D eigenvalue weighted by molar-refractivity contribution is -0.129. The van der Waals surface area contributed by atoms with Crippen LogP contribution in [0.15, 0.2) is 24.3 Å². The SMILES string of the molecule is O=C(NCC(=O)N1CCCC1)c1ccccc1I. The van der Waals surface area contributed by atoms with Crippen molar-refractivity contribution in [2.24, 2.45) is 0 Å². The molecule has 0 aliphatic carbocycles. The van der Waals surface area contributed by atoms with Crippen molar-refractivity contribution in [1.82, 2.24) is 10.2 Å². The molecule has 1 N–H and O–H groups in total. The Balaban J connectivity index is 1.88. The number of likely N-dealkylation sites (tertiary alicyclic amines) is 1. The number of nitrogens with zero attached hydrogens (tertiary/aromatic N) is 1. The van der Waals surface area contributed by atoms with Crippen molar-refractivity contribution in [2.75, 3.05) is 19.6 Å². The maximum absolute atomic E-state index is 11.9. The summed E-state index contributed by atoms with van der Waals surface area (Å²) in [6.45, 7) is 1.72. The van der Waals surface area contributed by atoms with Gasteiger partial charge in [0.15, 0.2) is 0 Å². The lowest BCUT2D eigenvalue weighted by Crippen LogP contribution is -2.38. The standard InChI is InChI=1S/C13H15IN2O2/c14-11-6-2-1-5-10(11)13(18)15-9-12(17)16-7-3-4-8-16/h1-2,5-6H,3-4,7-9H2,(H,15,18). The number of hydrogen-bond donors (Lipinski definition) is 1. The van der Waals surface area contributed by atoms with E-state index in [0.29, 0.717) is 5.56 Å². The summed E-state index contributed by atoms with van der Waals surface area (Å²) >= 11 is 2.11.